The van der Waals surface area contributed by atoms with Gasteiger partial charge in [-0.05, 0) is 37.9 Å². The van der Waals surface area contributed by atoms with E-state index in [-0.39, 0.29) is 5.91 Å². The van der Waals surface area contributed by atoms with E-state index in [1.165, 1.54) is 5.56 Å². The number of nitrogens with one attached hydrogen (secondary N) is 2. The molecule has 0 unspecified atom stereocenters. The van der Waals surface area contributed by atoms with E-state index in [0.717, 1.165) is 82.8 Å². The summed E-state index contributed by atoms with van der Waals surface area (Å²) in [7, 11) is 0. The van der Waals surface area contributed by atoms with Gasteiger partial charge in [0.2, 0.25) is 0 Å². The highest BCUT2D eigenvalue weighted by atomic mass is 16.2. The fraction of sp³-hybridized carbons (Fsp3) is 0.524. The van der Waals surface area contributed by atoms with Crippen LogP contribution in [0.1, 0.15) is 40.2 Å². The van der Waals surface area contributed by atoms with Crippen molar-refractivity contribution in [3.63, 3.8) is 0 Å². The minimum absolute atomic E-state index is 0.0855. The van der Waals surface area contributed by atoms with Gasteiger partial charge in [-0.15, -0.1) is 0 Å². The van der Waals surface area contributed by atoms with Crippen molar-refractivity contribution in [2.75, 3.05) is 39.3 Å². The molecule has 1 saturated heterocycles. The number of hydrogen-bond acceptors (Lipinski definition) is 4. The number of H-pyrrole nitrogens is 1. The molecular formula is C21H29N5O. The van der Waals surface area contributed by atoms with E-state index in [1.807, 2.05) is 4.90 Å². The Labute approximate surface area is 160 Å². The predicted molar refractivity (Wildman–Crippen MR) is 106 cm³/mol. The van der Waals surface area contributed by atoms with E-state index in [9.17, 15) is 4.79 Å². The van der Waals surface area contributed by atoms with Gasteiger partial charge in [0.1, 0.15) is 0 Å². The molecule has 3 heterocycles. The van der Waals surface area contributed by atoms with Crippen molar-refractivity contribution in [3.05, 3.63) is 52.8 Å². The Kier molecular flexibility index (Phi) is 5.84. The van der Waals surface area contributed by atoms with Gasteiger partial charge in [0.05, 0.1) is 0 Å². The predicted octanol–water partition coefficient (Wildman–Crippen LogP) is 1.84. The van der Waals surface area contributed by atoms with Gasteiger partial charge in [-0.3, -0.25) is 9.89 Å². The molecule has 4 rings (SSSR count). The molecule has 0 atom stereocenters. The van der Waals surface area contributed by atoms with Gasteiger partial charge >= 0.3 is 0 Å². The van der Waals surface area contributed by atoms with Crippen molar-refractivity contribution in [3.8, 4) is 0 Å². The Morgan fingerprint density at radius 1 is 1.11 bits per heavy atom. The summed E-state index contributed by atoms with van der Waals surface area (Å²) in [6.45, 7) is 6.42. The maximum absolute atomic E-state index is 13.0. The topological polar surface area (TPSA) is 64.3 Å². The molecule has 2 aliphatic rings. The maximum Gasteiger partial charge on any atom is 0.274 e. The molecule has 0 bridgehead atoms. The van der Waals surface area contributed by atoms with Crippen LogP contribution in [-0.2, 0) is 19.4 Å². The van der Waals surface area contributed by atoms with Crippen LogP contribution in [0.4, 0.5) is 0 Å². The van der Waals surface area contributed by atoms with Crippen molar-refractivity contribution in [2.24, 2.45) is 0 Å². The molecule has 1 aromatic carbocycles. The second-order valence-electron chi connectivity index (χ2n) is 7.53. The Balaban J connectivity index is 1.29. The highest BCUT2D eigenvalue weighted by Gasteiger charge is 2.26. The first-order valence-electron chi connectivity index (χ1n) is 10.1. The van der Waals surface area contributed by atoms with Crippen molar-refractivity contribution < 1.29 is 4.79 Å². The Morgan fingerprint density at radius 2 is 2.00 bits per heavy atom. The zero-order valence-electron chi connectivity index (χ0n) is 15.9. The van der Waals surface area contributed by atoms with Crippen molar-refractivity contribution in [1.82, 2.24) is 25.3 Å². The SMILES string of the molecule is O=C(c1n[nH]c2c1CNCC2)N1CCCN(CCCc2ccccc2)CC1. The molecule has 2 N–H and O–H groups in total. The molecule has 0 spiro atoms. The number of hydrogen-bond donors (Lipinski definition) is 2. The molecule has 27 heavy (non-hydrogen) atoms. The number of rotatable bonds is 5. The van der Waals surface area contributed by atoms with E-state index in [0.29, 0.717) is 5.69 Å². The summed E-state index contributed by atoms with van der Waals surface area (Å²) < 4.78 is 0. The van der Waals surface area contributed by atoms with E-state index in [2.05, 4.69) is 50.7 Å². The van der Waals surface area contributed by atoms with E-state index >= 15 is 0 Å². The third kappa shape index (κ3) is 4.39. The summed E-state index contributed by atoms with van der Waals surface area (Å²) in [5, 5.41) is 10.7. The lowest BCUT2D eigenvalue weighted by Crippen LogP contribution is -2.36. The van der Waals surface area contributed by atoms with Gasteiger partial charge in [0.25, 0.3) is 5.91 Å². The van der Waals surface area contributed by atoms with Crippen LogP contribution in [-0.4, -0.2) is 65.2 Å². The van der Waals surface area contributed by atoms with Gasteiger partial charge in [-0.25, -0.2) is 0 Å². The van der Waals surface area contributed by atoms with Crippen LogP contribution in [0.25, 0.3) is 0 Å². The second-order valence-corrected chi connectivity index (χ2v) is 7.53. The third-order valence-electron chi connectivity index (χ3n) is 5.67. The zero-order valence-corrected chi connectivity index (χ0v) is 15.9. The quantitative estimate of drug-likeness (QED) is 0.846. The van der Waals surface area contributed by atoms with Crippen LogP contribution in [0, 0.1) is 0 Å². The van der Waals surface area contributed by atoms with Crippen molar-refractivity contribution >= 4 is 5.91 Å². The summed E-state index contributed by atoms with van der Waals surface area (Å²) in [6, 6.07) is 10.7. The molecule has 2 aliphatic heterocycles. The lowest BCUT2D eigenvalue weighted by Gasteiger charge is -2.22. The first-order valence-corrected chi connectivity index (χ1v) is 10.1. The fourth-order valence-corrected chi connectivity index (χ4v) is 4.10. The van der Waals surface area contributed by atoms with Gasteiger partial charge < -0.3 is 15.1 Å². The molecular weight excluding hydrogens is 338 g/mol. The van der Waals surface area contributed by atoms with Gasteiger partial charge in [0.15, 0.2) is 5.69 Å². The third-order valence-corrected chi connectivity index (χ3v) is 5.67. The fourth-order valence-electron chi connectivity index (χ4n) is 4.10. The monoisotopic (exact) mass is 367 g/mol. The zero-order chi connectivity index (χ0) is 18.5. The van der Waals surface area contributed by atoms with Crippen molar-refractivity contribution in [2.45, 2.75) is 32.2 Å². The minimum atomic E-state index is 0.0855. The molecule has 144 valence electrons. The smallest absolute Gasteiger partial charge is 0.274 e. The first kappa shape index (κ1) is 18.2. The lowest BCUT2D eigenvalue weighted by molar-refractivity contribution is 0.0754. The Morgan fingerprint density at radius 3 is 2.89 bits per heavy atom. The highest BCUT2D eigenvalue weighted by Crippen LogP contribution is 2.18. The highest BCUT2D eigenvalue weighted by molar-refractivity contribution is 5.94. The summed E-state index contributed by atoms with van der Waals surface area (Å²) in [5.74, 6) is 0.0855. The number of aromatic nitrogens is 2. The number of aryl methyl sites for hydroxylation is 1. The van der Waals surface area contributed by atoms with Crippen molar-refractivity contribution in [1.29, 1.82) is 0 Å². The van der Waals surface area contributed by atoms with Crippen LogP contribution in [0.2, 0.25) is 0 Å². The number of fused-ring (bicyclic) bond motifs is 1. The summed E-state index contributed by atoms with van der Waals surface area (Å²) in [4.78, 5) is 17.5. The van der Waals surface area contributed by atoms with Gasteiger partial charge in [-0.2, -0.15) is 5.10 Å². The van der Waals surface area contributed by atoms with Gasteiger partial charge in [0, 0.05) is 50.4 Å². The number of aromatic amines is 1. The molecule has 0 saturated carbocycles. The van der Waals surface area contributed by atoms with Crippen LogP contribution in [0.15, 0.2) is 30.3 Å². The molecule has 1 fully saturated rings. The number of amides is 1. The Hall–Kier alpha value is -2.18. The van der Waals surface area contributed by atoms with Gasteiger partial charge in [-0.1, -0.05) is 30.3 Å². The summed E-state index contributed by atoms with van der Waals surface area (Å²) in [6.07, 6.45) is 4.23. The maximum atomic E-state index is 13.0. The number of benzene rings is 1. The number of carbonyl (C=O) groups is 1. The first-order chi connectivity index (χ1) is 13.3. The van der Waals surface area contributed by atoms with E-state index < -0.39 is 0 Å². The molecule has 0 radical (unpaired) electrons. The molecule has 0 aliphatic carbocycles. The Bertz CT molecular complexity index is 757. The minimum Gasteiger partial charge on any atom is -0.336 e. The van der Waals surface area contributed by atoms with Crippen LogP contribution >= 0.6 is 0 Å². The molecule has 2 aromatic rings. The second kappa shape index (κ2) is 8.67. The lowest BCUT2D eigenvalue weighted by atomic mass is 10.1. The number of carbonyl (C=O) groups excluding carboxylic acids is 1. The standard InChI is InChI=1S/C21H29N5O/c27-21(20-18-16-22-10-9-19(18)23-24-20)26-13-5-12-25(14-15-26)11-4-8-17-6-2-1-3-7-17/h1-3,6-7,22H,4-5,8-16H2,(H,23,24). The van der Waals surface area contributed by atoms with Crippen LogP contribution < -0.4 is 5.32 Å². The number of nitrogens with zero attached hydrogens (tertiary/aromatic N) is 3. The summed E-state index contributed by atoms with van der Waals surface area (Å²) in [5.41, 5.74) is 4.21. The van der Waals surface area contributed by atoms with E-state index in [4.69, 9.17) is 0 Å². The average Bonchev–Trinajstić information content (AvgIpc) is 3.00. The largest absolute Gasteiger partial charge is 0.336 e. The molecule has 1 aromatic heterocycles. The molecule has 6 nitrogen and oxygen atoms in total. The average molecular weight is 367 g/mol. The van der Waals surface area contributed by atoms with E-state index in [1.54, 1.807) is 0 Å². The molecule has 6 heteroatoms. The molecule has 1 amide bonds. The van der Waals surface area contributed by atoms with Crippen LogP contribution in [0.3, 0.4) is 0 Å². The summed E-state index contributed by atoms with van der Waals surface area (Å²) >= 11 is 0. The normalized spacial score (nSPS) is 18.1. The van der Waals surface area contributed by atoms with Crippen LogP contribution in [0.5, 0.6) is 0 Å².